The lowest BCUT2D eigenvalue weighted by atomic mass is 9.94. The minimum Gasteiger partial charge on any atom is -0.316 e. The van der Waals surface area contributed by atoms with Crippen LogP contribution in [0.25, 0.3) is 0 Å². The van der Waals surface area contributed by atoms with Crippen molar-refractivity contribution in [1.29, 1.82) is 0 Å². The molecule has 1 saturated heterocycles. The molecule has 0 aliphatic carbocycles. The van der Waals surface area contributed by atoms with Crippen molar-refractivity contribution < 1.29 is 4.39 Å². The average molecular weight is 244 g/mol. The Kier molecular flexibility index (Phi) is 2.65. The Bertz CT molecular complexity index is 310. The van der Waals surface area contributed by atoms with Gasteiger partial charge in [0, 0.05) is 0 Å². The summed E-state index contributed by atoms with van der Waals surface area (Å²) in [7, 11) is 0. The van der Waals surface area contributed by atoms with Gasteiger partial charge in [0.2, 0.25) is 0 Å². The normalized spacial score (nSPS) is 17.1. The van der Waals surface area contributed by atoms with Crippen molar-refractivity contribution >= 4 is 15.9 Å². The molecule has 0 unspecified atom stereocenters. The van der Waals surface area contributed by atoms with Crippen LogP contribution in [0.5, 0.6) is 0 Å². The zero-order chi connectivity index (χ0) is 9.26. The summed E-state index contributed by atoms with van der Waals surface area (Å²) in [5, 5.41) is 3.22. The summed E-state index contributed by atoms with van der Waals surface area (Å²) < 4.78 is 13.4. The molecular formula is C10H11BrFN. The molecule has 1 heterocycles. The standard InChI is InChI=1S/C10H11BrFN/c11-9-4-7(1-2-10(9)12)3-8-5-13-6-8/h1-2,4,8,13H,3,5-6H2. The van der Waals surface area contributed by atoms with E-state index in [4.69, 9.17) is 0 Å². The predicted octanol–water partition coefficient (Wildman–Crippen LogP) is 2.35. The van der Waals surface area contributed by atoms with E-state index in [1.54, 1.807) is 0 Å². The molecule has 1 aliphatic rings. The van der Waals surface area contributed by atoms with E-state index in [0.717, 1.165) is 25.4 Å². The maximum absolute atomic E-state index is 12.9. The monoisotopic (exact) mass is 243 g/mol. The van der Waals surface area contributed by atoms with Crippen LogP contribution in [-0.4, -0.2) is 13.1 Å². The maximum atomic E-state index is 12.9. The van der Waals surface area contributed by atoms with E-state index in [1.807, 2.05) is 12.1 Å². The summed E-state index contributed by atoms with van der Waals surface area (Å²) in [6.45, 7) is 2.18. The Morgan fingerprint density at radius 3 is 2.77 bits per heavy atom. The van der Waals surface area contributed by atoms with Crippen LogP contribution in [0.15, 0.2) is 22.7 Å². The summed E-state index contributed by atoms with van der Waals surface area (Å²) in [4.78, 5) is 0. The highest BCUT2D eigenvalue weighted by molar-refractivity contribution is 9.10. The first-order chi connectivity index (χ1) is 6.25. The second-order valence-electron chi connectivity index (χ2n) is 3.48. The van der Waals surface area contributed by atoms with Gasteiger partial charge in [-0.2, -0.15) is 0 Å². The van der Waals surface area contributed by atoms with Gasteiger partial charge in [0.25, 0.3) is 0 Å². The first kappa shape index (κ1) is 9.16. The van der Waals surface area contributed by atoms with Crippen molar-refractivity contribution in [2.75, 3.05) is 13.1 Å². The highest BCUT2D eigenvalue weighted by Gasteiger charge is 2.17. The highest BCUT2D eigenvalue weighted by Crippen LogP contribution is 2.19. The maximum Gasteiger partial charge on any atom is 0.137 e. The third-order valence-corrected chi connectivity index (χ3v) is 2.98. The van der Waals surface area contributed by atoms with Gasteiger partial charge in [0.15, 0.2) is 0 Å². The Balaban J connectivity index is 2.07. The minimum atomic E-state index is -0.185. The largest absolute Gasteiger partial charge is 0.316 e. The van der Waals surface area contributed by atoms with E-state index >= 15 is 0 Å². The SMILES string of the molecule is Fc1ccc(CC2CNC2)cc1Br. The van der Waals surface area contributed by atoms with E-state index in [0.29, 0.717) is 4.47 Å². The summed E-state index contributed by atoms with van der Waals surface area (Å²) >= 11 is 3.19. The first-order valence-corrected chi connectivity index (χ1v) is 5.19. The van der Waals surface area contributed by atoms with Gasteiger partial charge in [-0.1, -0.05) is 6.07 Å². The number of halogens is 2. The molecule has 1 aliphatic heterocycles. The Hall–Kier alpha value is -0.410. The van der Waals surface area contributed by atoms with Crippen molar-refractivity contribution in [2.24, 2.45) is 5.92 Å². The number of nitrogens with one attached hydrogen (secondary N) is 1. The van der Waals surface area contributed by atoms with E-state index < -0.39 is 0 Å². The van der Waals surface area contributed by atoms with Crippen molar-refractivity contribution in [3.8, 4) is 0 Å². The van der Waals surface area contributed by atoms with Gasteiger partial charge in [0.1, 0.15) is 5.82 Å². The van der Waals surface area contributed by atoms with Gasteiger partial charge in [0.05, 0.1) is 4.47 Å². The van der Waals surface area contributed by atoms with Crippen molar-refractivity contribution in [2.45, 2.75) is 6.42 Å². The number of rotatable bonds is 2. The molecule has 13 heavy (non-hydrogen) atoms. The third kappa shape index (κ3) is 2.09. The van der Waals surface area contributed by atoms with E-state index in [9.17, 15) is 4.39 Å². The van der Waals surface area contributed by atoms with Crippen LogP contribution in [0.2, 0.25) is 0 Å². The lowest BCUT2D eigenvalue weighted by molar-refractivity contribution is 0.346. The number of hydrogen-bond donors (Lipinski definition) is 1. The molecule has 70 valence electrons. The highest BCUT2D eigenvalue weighted by atomic mass is 79.9. The lowest BCUT2D eigenvalue weighted by Crippen LogP contribution is -2.43. The number of benzene rings is 1. The molecule has 0 saturated carbocycles. The van der Waals surface area contributed by atoms with Crippen LogP contribution >= 0.6 is 15.9 Å². The Morgan fingerprint density at radius 1 is 1.46 bits per heavy atom. The average Bonchev–Trinajstić information content (AvgIpc) is 2.04. The van der Waals surface area contributed by atoms with Crippen LogP contribution in [0, 0.1) is 11.7 Å². The van der Waals surface area contributed by atoms with Crippen molar-refractivity contribution in [3.63, 3.8) is 0 Å². The molecule has 1 aromatic carbocycles. The van der Waals surface area contributed by atoms with Crippen LogP contribution in [-0.2, 0) is 6.42 Å². The molecule has 1 nitrogen and oxygen atoms in total. The van der Waals surface area contributed by atoms with Gasteiger partial charge in [-0.15, -0.1) is 0 Å². The van der Waals surface area contributed by atoms with Gasteiger partial charge in [-0.3, -0.25) is 0 Å². The van der Waals surface area contributed by atoms with E-state index in [1.165, 1.54) is 11.6 Å². The molecule has 1 fully saturated rings. The fraction of sp³-hybridized carbons (Fsp3) is 0.400. The quantitative estimate of drug-likeness (QED) is 0.842. The smallest absolute Gasteiger partial charge is 0.137 e. The molecule has 0 bridgehead atoms. The summed E-state index contributed by atoms with van der Waals surface area (Å²) in [5.41, 5.74) is 1.21. The minimum absolute atomic E-state index is 0.185. The van der Waals surface area contributed by atoms with E-state index in [2.05, 4.69) is 21.2 Å². The molecule has 3 heteroatoms. The van der Waals surface area contributed by atoms with Crippen LogP contribution in [0.4, 0.5) is 4.39 Å². The fourth-order valence-corrected chi connectivity index (χ4v) is 1.92. The molecule has 0 amide bonds. The molecule has 0 spiro atoms. The van der Waals surface area contributed by atoms with Crippen molar-refractivity contribution in [3.05, 3.63) is 34.1 Å². The second-order valence-corrected chi connectivity index (χ2v) is 4.33. The van der Waals surface area contributed by atoms with Crippen LogP contribution in [0.3, 0.4) is 0 Å². The summed E-state index contributed by atoms with van der Waals surface area (Å²) in [6.07, 6.45) is 1.05. The molecular weight excluding hydrogens is 233 g/mol. The van der Waals surface area contributed by atoms with Gasteiger partial charge in [-0.25, -0.2) is 4.39 Å². The zero-order valence-electron chi connectivity index (χ0n) is 7.19. The first-order valence-electron chi connectivity index (χ1n) is 4.40. The van der Waals surface area contributed by atoms with Crippen LogP contribution < -0.4 is 5.32 Å². The molecule has 0 atom stereocenters. The molecule has 0 aromatic heterocycles. The van der Waals surface area contributed by atoms with Gasteiger partial charge in [-0.05, 0) is 59.1 Å². The fourth-order valence-electron chi connectivity index (χ4n) is 1.49. The second kappa shape index (κ2) is 3.76. The van der Waals surface area contributed by atoms with Crippen LogP contribution in [0.1, 0.15) is 5.56 Å². The summed E-state index contributed by atoms with van der Waals surface area (Å²) in [6, 6.07) is 5.25. The summed E-state index contributed by atoms with van der Waals surface area (Å²) in [5.74, 6) is 0.549. The lowest BCUT2D eigenvalue weighted by Gasteiger charge is -2.27. The molecule has 2 rings (SSSR count). The Labute approximate surface area is 85.5 Å². The molecule has 0 radical (unpaired) electrons. The topological polar surface area (TPSA) is 12.0 Å². The Morgan fingerprint density at radius 2 is 2.23 bits per heavy atom. The van der Waals surface area contributed by atoms with Gasteiger partial charge < -0.3 is 5.32 Å². The molecule has 1 aromatic rings. The van der Waals surface area contributed by atoms with E-state index in [-0.39, 0.29) is 5.82 Å². The molecule has 1 N–H and O–H groups in total. The predicted molar refractivity (Wildman–Crippen MR) is 54.2 cm³/mol. The van der Waals surface area contributed by atoms with Gasteiger partial charge >= 0.3 is 0 Å². The zero-order valence-corrected chi connectivity index (χ0v) is 8.77. The van der Waals surface area contributed by atoms with Crippen molar-refractivity contribution in [1.82, 2.24) is 5.32 Å². The third-order valence-electron chi connectivity index (χ3n) is 2.37. The number of hydrogen-bond acceptors (Lipinski definition) is 1.